The number of hydrogen-bond donors (Lipinski definition) is 3. The Hall–Kier alpha value is -2.11. The summed E-state index contributed by atoms with van der Waals surface area (Å²) in [7, 11) is 1.53. The predicted molar refractivity (Wildman–Crippen MR) is 58.3 cm³/mol. The number of carbonyl (C=O) groups excluding carboxylic acids is 1. The highest BCUT2D eigenvalue weighted by Gasteiger charge is 2.12. The van der Waals surface area contributed by atoms with Crippen LogP contribution in [0, 0.1) is 0 Å². The summed E-state index contributed by atoms with van der Waals surface area (Å²) in [5.41, 5.74) is -0.0610. The minimum absolute atomic E-state index is 0.0610. The first kappa shape index (κ1) is 12.0. The van der Waals surface area contributed by atoms with Gasteiger partial charge in [-0.15, -0.1) is 0 Å². The zero-order valence-corrected chi connectivity index (χ0v) is 9.02. The monoisotopic (exact) mass is 223 g/mol. The van der Waals surface area contributed by atoms with Gasteiger partial charge in [-0.1, -0.05) is 6.07 Å². The molecule has 0 unspecified atom stereocenters. The van der Waals surface area contributed by atoms with Gasteiger partial charge in [-0.05, 0) is 19.1 Å². The number of nitrogens with one attached hydrogen (secondary N) is 2. The molecule has 1 heterocycles. The Labute approximate surface area is 92.7 Å². The maximum Gasteiger partial charge on any atom is 0.354 e. The molecule has 6 heteroatoms. The van der Waals surface area contributed by atoms with Crippen LogP contribution in [0.15, 0.2) is 18.2 Å². The van der Waals surface area contributed by atoms with Gasteiger partial charge in [-0.2, -0.15) is 0 Å². The molecule has 1 rings (SSSR count). The largest absolute Gasteiger partial charge is 0.477 e. The van der Waals surface area contributed by atoms with Crippen molar-refractivity contribution >= 4 is 17.7 Å². The van der Waals surface area contributed by atoms with Crippen molar-refractivity contribution in [2.45, 2.75) is 13.0 Å². The second-order valence-electron chi connectivity index (χ2n) is 3.19. The number of aromatic carboxylic acids is 1. The molecular weight excluding hydrogens is 210 g/mol. The average molecular weight is 223 g/mol. The third-order valence-corrected chi connectivity index (χ3v) is 1.97. The number of nitrogens with zero attached hydrogens (tertiary/aromatic N) is 1. The number of carbonyl (C=O) groups is 2. The van der Waals surface area contributed by atoms with Crippen molar-refractivity contribution < 1.29 is 14.7 Å². The summed E-state index contributed by atoms with van der Waals surface area (Å²) in [6, 6.07) is 4.08. The van der Waals surface area contributed by atoms with Crippen molar-refractivity contribution in [3.63, 3.8) is 0 Å². The molecule has 1 aromatic rings. The van der Waals surface area contributed by atoms with Crippen molar-refractivity contribution in [2.75, 3.05) is 12.4 Å². The molecule has 0 fully saturated rings. The lowest BCUT2D eigenvalue weighted by Crippen LogP contribution is -2.35. The summed E-state index contributed by atoms with van der Waals surface area (Å²) in [6.45, 7) is 1.66. The van der Waals surface area contributed by atoms with Gasteiger partial charge >= 0.3 is 5.97 Å². The number of rotatable bonds is 4. The SMILES string of the molecule is CNC(=O)[C@H](C)Nc1cccc(C(=O)O)n1. The Bertz CT molecular complexity index is 406. The van der Waals surface area contributed by atoms with E-state index in [1.54, 1.807) is 19.1 Å². The summed E-state index contributed by atoms with van der Waals surface area (Å²) in [5, 5.41) is 14.0. The standard InChI is InChI=1S/C10H13N3O3/c1-6(9(14)11-2)12-8-5-3-4-7(13-8)10(15)16/h3-6H,1-2H3,(H,11,14)(H,12,13)(H,15,16)/t6-/m0/s1. The van der Waals surface area contributed by atoms with Gasteiger partial charge in [-0.25, -0.2) is 9.78 Å². The van der Waals surface area contributed by atoms with E-state index in [9.17, 15) is 9.59 Å². The molecule has 1 atom stereocenters. The molecule has 0 saturated carbocycles. The number of carboxylic acid groups (broad SMARTS) is 1. The van der Waals surface area contributed by atoms with Crippen molar-refractivity contribution in [1.82, 2.24) is 10.3 Å². The van der Waals surface area contributed by atoms with Gasteiger partial charge in [-0.3, -0.25) is 4.79 Å². The fourth-order valence-electron chi connectivity index (χ4n) is 1.14. The van der Waals surface area contributed by atoms with Crippen molar-refractivity contribution in [2.24, 2.45) is 0 Å². The number of pyridine rings is 1. The molecule has 1 aromatic heterocycles. The predicted octanol–water partition coefficient (Wildman–Crippen LogP) is 0.326. The van der Waals surface area contributed by atoms with Crippen molar-refractivity contribution in [3.05, 3.63) is 23.9 Å². The van der Waals surface area contributed by atoms with E-state index in [0.717, 1.165) is 0 Å². The first-order valence-corrected chi connectivity index (χ1v) is 4.73. The molecule has 3 N–H and O–H groups in total. The van der Waals surface area contributed by atoms with Crippen LogP contribution in [0.25, 0.3) is 0 Å². The minimum atomic E-state index is -1.10. The molecule has 1 amide bonds. The summed E-state index contributed by atoms with van der Waals surface area (Å²) >= 11 is 0. The second-order valence-corrected chi connectivity index (χ2v) is 3.19. The van der Waals surface area contributed by atoms with Crippen LogP contribution in [-0.2, 0) is 4.79 Å². The fraction of sp³-hybridized carbons (Fsp3) is 0.300. The Balaban J connectivity index is 2.78. The van der Waals surface area contributed by atoms with Gasteiger partial charge in [0, 0.05) is 7.05 Å². The van der Waals surface area contributed by atoms with Crippen LogP contribution in [0.2, 0.25) is 0 Å². The minimum Gasteiger partial charge on any atom is -0.477 e. The van der Waals surface area contributed by atoms with Gasteiger partial charge in [0.15, 0.2) is 5.69 Å². The summed E-state index contributed by atoms with van der Waals surface area (Å²) in [6.07, 6.45) is 0. The highest BCUT2D eigenvalue weighted by molar-refractivity contribution is 5.86. The van der Waals surface area contributed by atoms with Crippen LogP contribution in [0.3, 0.4) is 0 Å². The van der Waals surface area contributed by atoms with E-state index >= 15 is 0 Å². The third-order valence-electron chi connectivity index (χ3n) is 1.97. The Kier molecular flexibility index (Phi) is 3.82. The quantitative estimate of drug-likeness (QED) is 0.684. The molecule has 0 aliphatic rings. The number of anilines is 1. The highest BCUT2D eigenvalue weighted by atomic mass is 16.4. The molecule has 0 saturated heterocycles. The van der Waals surface area contributed by atoms with E-state index in [2.05, 4.69) is 15.6 Å². The summed E-state index contributed by atoms with van der Waals surface area (Å²) in [5.74, 6) is -0.935. The van der Waals surface area contributed by atoms with Gasteiger partial charge in [0.2, 0.25) is 5.91 Å². The smallest absolute Gasteiger partial charge is 0.354 e. The third kappa shape index (κ3) is 2.94. The van der Waals surface area contributed by atoms with Crippen LogP contribution in [0.1, 0.15) is 17.4 Å². The zero-order valence-electron chi connectivity index (χ0n) is 9.02. The molecular formula is C10H13N3O3. The van der Waals surface area contributed by atoms with Crippen LogP contribution >= 0.6 is 0 Å². The van der Waals surface area contributed by atoms with E-state index < -0.39 is 12.0 Å². The Morgan fingerprint density at radius 3 is 2.69 bits per heavy atom. The van der Waals surface area contributed by atoms with E-state index in [0.29, 0.717) is 5.82 Å². The summed E-state index contributed by atoms with van der Waals surface area (Å²) < 4.78 is 0. The maximum atomic E-state index is 11.2. The lowest BCUT2D eigenvalue weighted by molar-refractivity contribution is -0.121. The normalized spacial score (nSPS) is 11.6. The van der Waals surface area contributed by atoms with E-state index in [-0.39, 0.29) is 11.6 Å². The van der Waals surface area contributed by atoms with Crippen molar-refractivity contribution in [3.8, 4) is 0 Å². The Morgan fingerprint density at radius 1 is 1.44 bits per heavy atom. The average Bonchev–Trinajstić information content (AvgIpc) is 2.28. The molecule has 6 nitrogen and oxygen atoms in total. The van der Waals surface area contributed by atoms with E-state index in [1.807, 2.05) is 0 Å². The Morgan fingerprint density at radius 2 is 2.12 bits per heavy atom. The first-order chi connectivity index (χ1) is 7.54. The molecule has 0 aliphatic carbocycles. The lowest BCUT2D eigenvalue weighted by Gasteiger charge is -2.12. The fourth-order valence-corrected chi connectivity index (χ4v) is 1.14. The zero-order chi connectivity index (χ0) is 12.1. The molecule has 0 spiro atoms. The second kappa shape index (κ2) is 5.11. The van der Waals surface area contributed by atoms with Crippen LogP contribution in [0.5, 0.6) is 0 Å². The van der Waals surface area contributed by atoms with Gasteiger partial charge in [0.1, 0.15) is 11.9 Å². The summed E-state index contributed by atoms with van der Waals surface area (Å²) in [4.78, 5) is 25.7. The van der Waals surface area contributed by atoms with Gasteiger partial charge in [0.25, 0.3) is 0 Å². The molecule has 0 aliphatic heterocycles. The topological polar surface area (TPSA) is 91.3 Å². The molecule has 0 aromatic carbocycles. The molecule has 0 bridgehead atoms. The lowest BCUT2D eigenvalue weighted by atomic mass is 10.3. The maximum absolute atomic E-state index is 11.2. The van der Waals surface area contributed by atoms with Crippen LogP contribution < -0.4 is 10.6 Å². The van der Waals surface area contributed by atoms with E-state index in [1.165, 1.54) is 13.1 Å². The molecule has 86 valence electrons. The van der Waals surface area contributed by atoms with Crippen molar-refractivity contribution in [1.29, 1.82) is 0 Å². The van der Waals surface area contributed by atoms with E-state index in [4.69, 9.17) is 5.11 Å². The molecule has 16 heavy (non-hydrogen) atoms. The number of amides is 1. The number of carboxylic acids is 1. The van der Waals surface area contributed by atoms with Gasteiger partial charge < -0.3 is 15.7 Å². The highest BCUT2D eigenvalue weighted by Crippen LogP contribution is 2.06. The number of likely N-dealkylation sites (N-methyl/N-ethyl adjacent to an activating group) is 1. The van der Waals surface area contributed by atoms with Crippen LogP contribution in [0.4, 0.5) is 5.82 Å². The van der Waals surface area contributed by atoms with Gasteiger partial charge in [0.05, 0.1) is 0 Å². The number of aromatic nitrogens is 1. The first-order valence-electron chi connectivity index (χ1n) is 4.73. The van der Waals surface area contributed by atoms with Crippen LogP contribution in [-0.4, -0.2) is 35.1 Å². The number of hydrogen-bond acceptors (Lipinski definition) is 4. The molecule has 0 radical (unpaired) electrons.